The SMILES string of the molecule is FC(F)(F)c1ccccc1OC1=CCN(CCCN(c2ccccc2)c2ccccc2)CC1. The highest BCUT2D eigenvalue weighted by atomic mass is 19.4. The van der Waals surface area contributed by atoms with Gasteiger partial charge in [0.05, 0.1) is 5.56 Å². The predicted octanol–water partition coefficient (Wildman–Crippen LogP) is 6.90. The summed E-state index contributed by atoms with van der Waals surface area (Å²) in [6, 6.07) is 26.0. The van der Waals surface area contributed by atoms with Gasteiger partial charge >= 0.3 is 6.18 Å². The van der Waals surface area contributed by atoms with Gasteiger partial charge in [-0.1, -0.05) is 48.5 Å². The van der Waals surface area contributed by atoms with Crippen LogP contribution < -0.4 is 9.64 Å². The molecule has 0 bridgehead atoms. The van der Waals surface area contributed by atoms with E-state index in [4.69, 9.17) is 4.74 Å². The standard InChI is InChI=1S/C27H27F3N2O/c28-27(29,30)25-14-7-8-15-26(25)33-24-16-20-31(21-17-24)18-9-19-32(22-10-3-1-4-11-22)23-12-5-2-6-13-23/h1-8,10-16H,9,17-21H2. The van der Waals surface area contributed by atoms with Crippen molar-refractivity contribution < 1.29 is 17.9 Å². The van der Waals surface area contributed by atoms with Gasteiger partial charge in [-0.2, -0.15) is 13.2 Å². The van der Waals surface area contributed by atoms with Crippen molar-refractivity contribution >= 4 is 11.4 Å². The van der Waals surface area contributed by atoms with Crippen molar-refractivity contribution in [3.05, 3.63) is 102 Å². The highest BCUT2D eigenvalue weighted by Gasteiger charge is 2.34. The topological polar surface area (TPSA) is 15.7 Å². The van der Waals surface area contributed by atoms with Gasteiger partial charge in [-0.05, 0) is 48.9 Å². The third-order valence-corrected chi connectivity index (χ3v) is 5.68. The summed E-state index contributed by atoms with van der Waals surface area (Å²) in [6.45, 7) is 3.20. The molecule has 6 heteroatoms. The first-order valence-corrected chi connectivity index (χ1v) is 11.1. The molecule has 1 heterocycles. The lowest BCUT2D eigenvalue weighted by atomic mass is 10.1. The van der Waals surface area contributed by atoms with E-state index < -0.39 is 11.7 Å². The van der Waals surface area contributed by atoms with Crippen molar-refractivity contribution in [2.75, 3.05) is 31.1 Å². The summed E-state index contributed by atoms with van der Waals surface area (Å²) in [7, 11) is 0. The Morgan fingerprint density at radius 2 is 1.42 bits per heavy atom. The van der Waals surface area contributed by atoms with Crippen molar-refractivity contribution in [1.29, 1.82) is 0 Å². The summed E-state index contributed by atoms with van der Waals surface area (Å²) in [5, 5.41) is 0. The smallest absolute Gasteiger partial charge is 0.419 e. The van der Waals surface area contributed by atoms with Crippen LogP contribution in [0.5, 0.6) is 5.75 Å². The zero-order valence-corrected chi connectivity index (χ0v) is 18.3. The molecule has 0 radical (unpaired) electrons. The second-order valence-electron chi connectivity index (χ2n) is 7.99. The average molecular weight is 453 g/mol. The second kappa shape index (κ2) is 10.6. The molecule has 3 aromatic carbocycles. The molecule has 172 valence electrons. The summed E-state index contributed by atoms with van der Waals surface area (Å²) < 4.78 is 45.2. The molecule has 3 aromatic rings. The molecular formula is C27H27F3N2O. The fourth-order valence-corrected chi connectivity index (χ4v) is 4.00. The maximum absolute atomic E-state index is 13.2. The van der Waals surface area contributed by atoms with Crippen LogP contribution in [-0.2, 0) is 6.18 Å². The van der Waals surface area contributed by atoms with E-state index in [9.17, 15) is 13.2 Å². The molecule has 3 nitrogen and oxygen atoms in total. The average Bonchev–Trinajstić information content (AvgIpc) is 2.84. The minimum absolute atomic E-state index is 0.133. The minimum Gasteiger partial charge on any atom is -0.461 e. The van der Waals surface area contributed by atoms with E-state index in [2.05, 4.69) is 34.1 Å². The van der Waals surface area contributed by atoms with Gasteiger partial charge in [0, 0.05) is 44.0 Å². The number of hydrogen-bond donors (Lipinski definition) is 0. The molecule has 0 aromatic heterocycles. The van der Waals surface area contributed by atoms with E-state index in [-0.39, 0.29) is 5.75 Å². The van der Waals surface area contributed by atoms with Crippen LogP contribution in [-0.4, -0.2) is 31.1 Å². The lowest BCUT2D eigenvalue weighted by Gasteiger charge is -2.29. The first-order valence-electron chi connectivity index (χ1n) is 11.1. The molecule has 1 aliphatic heterocycles. The normalized spacial score (nSPS) is 14.6. The number of para-hydroxylation sites is 3. The van der Waals surface area contributed by atoms with E-state index in [0.29, 0.717) is 18.7 Å². The van der Waals surface area contributed by atoms with E-state index in [0.717, 1.165) is 43.5 Å². The number of halogens is 3. The zero-order chi connectivity index (χ0) is 23.1. The van der Waals surface area contributed by atoms with Gasteiger partial charge in [0.1, 0.15) is 11.5 Å². The van der Waals surface area contributed by atoms with Gasteiger partial charge in [0.15, 0.2) is 0 Å². The Morgan fingerprint density at radius 3 is 2.00 bits per heavy atom. The minimum atomic E-state index is -4.43. The largest absolute Gasteiger partial charge is 0.461 e. The summed E-state index contributed by atoms with van der Waals surface area (Å²) in [5.74, 6) is 0.462. The fourth-order valence-electron chi connectivity index (χ4n) is 4.00. The van der Waals surface area contributed by atoms with E-state index >= 15 is 0 Å². The Morgan fingerprint density at radius 1 is 0.818 bits per heavy atom. The number of benzene rings is 3. The Balaban J connectivity index is 1.33. The Bertz CT molecular complexity index is 1010. The Hall–Kier alpha value is -3.25. The van der Waals surface area contributed by atoms with Gasteiger partial charge < -0.3 is 9.64 Å². The van der Waals surface area contributed by atoms with Crippen molar-refractivity contribution in [1.82, 2.24) is 4.90 Å². The highest BCUT2D eigenvalue weighted by Crippen LogP contribution is 2.37. The van der Waals surface area contributed by atoms with E-state index in [1.54, 1.807) is 6.07 Å². The third-order valence-electron chi connectivity index (χ3n) is 5.68. The van der Waals surface area contributed by atoms with Crippen LogP contribution in [0, 0.1) is 0 Å². The monoisotopic (exact) mass is 452 g/mol. The van der Waals surface area contributed by atoms with Crippen LogP contribution in [0.2, 0.25) is 0 Å². The molecule has 4 rings (SSSR count). The molecule has 0 N–H and O–H groups in total. The molecule has 0 atom stereocenters. The van der Waals surface area contributed by atoms with Gasteiger partial charge in [-0.25, -0.2) is 0 Å². The maximum Gasteiger partial charge on any atom is 0.419 e. The molecule has 33 heavy (non-hydrogen) atoms. The molecule has 0 amide bonds. The lowest BCUT2D eigenvalue weighted by Crippen LogP contribution is -2.32. The van der Waals surface area contributed by atoms with Gasteiger partial charge in [0.2, 0.25) is 0 Å². The molecule has 1 aliphatic rings. The molecule has 0 saturated heterocycles. The number of alkyl halides is 3. The summed E-state index contributed by atoms with van der Waals surface area (Å²) in [5.41, 5.74) is 1.57. The molecule has 0 fully saturated rings. The van der Waals surface area contributed by atoms with Crippen molar-refractivity contribution in [3.63, 3.8) is 0 Å². The first-order chi connectivity index (χ1) is 16.0. The van der Waals surface area contributed by atoms with Crippen LogP contribution in [0.3, 0.4) is 0 Å². The van der Waals surface area contributed by atoms with Crippen LogP contribution in [0.4, 0.5) is 24.5 Å². The summed E-state index contributed by atoms with van der Waals surface area (Å²) in [6.07, 6.45) is -0.984. The lowest BCUT2D eigenvalue weighted by molar-refractivity contribution is -0.138. The van der Waals surface area contributed by atoms with Crippen LogP contribution >= 0.6 is 0 Å². The van der Waals surface area contributed by atoms with E-state index in [1.807, 2.05) is 42.5 Å². The quantitative estimate of drug-likeness (QED) is 0.370. The number of rotatable bonds is 8. The van der Waals surface area contributed by atoms with Crippen molar-refractivity contribution in [2.45, 2.75) is 19.0 Å². The van der Waals surface area contributed by atoms with Crippen LogP contribution in [0.15, 0.2) is 96.8 Å². The van der Waals surface area contributed by atoms with E-state index in [1.165, 1.54) is 12.1 Å². The van der Waals surface area contributed by atoms with Gasteiger partial charge in [-0.3, -0.25) is 4.90 Å². The third kappa shape index (κ3) is 6.17. The van der Waals surface area contributed by atoms with Gasteiger partial charge in [-0.15, -0.1) is 0 Å². The van der Waals surface area contributed by atoms with Crippen molar-refractivity contribution in [2.24, 2.45) is 0 Å². The number of anilines is 2. The zero-order valence-electron chi connectivity index (χ0n) is 18.3. The number of nitrogens with zero attached hydrogens (tertiary/aromatic N) is 2. The number of hydrogen-bond acceptors (Lipinski definition) is 3. The van der Waals surface area contributed by atoms with Gasteiger partial charge in [0.25, 0.3) is 0 Å². The Kier molecular flexibility index (Phi) is 7.35. The number of ether oxygens (including phenoxy) is 1. The van der Waals surface area contributed by atoms with Crippen molar-refractivity contribution in [3.8, 4) is 5.75 Å². The fraction of sp³-hybridized carbons (Fsp3) is 0.259. The predicted molar refractivity (Wildman–Crippen MR) is 126 cm³/mol. The first kappa shape index (κ1) is 22.9. The molecule has 0 saturated carbocycles. The van der Waals surface area contributed by atoms with Crippen LogP contribution in [0.25, 0.3) is 0 Å². The Labute approximate surface area is 192 Å². The molecule has 0 spiro atoms. The van der Waals surface area contributed by atoms with Crippen LogP contribution in [0.1, 0.15) is 18.4 Å². The highest BCUT2D eigenvalue weighted by molar-refractivity contribution is 5.62. The molecule has 0 unspecified atom stereocenters. The molecule has 0 aliphatic carbocycles. The second-order valence-corrected chi connectivity index (χ2v) is 7.99. The summed E-state index contributed by atoms with van der Waals surface area (Å²) >= 11 is 0. The maximum atomic E-state index is 13.2. The summed E-state index contributed by atoms with van der Waals surface area (Å²) in [4.78, 5) is 4.61. The molecular weight excluding hydrogens is 425 g/mol.